The van der Waals surface area contributed by atoms with Gasteiger partial charge in [-0.1, -0.05) is 12.2 Å². The molecule has 0 saturated carbocycles. The molecule has 11 nitrogen and oxygen atoms in total. The topological polar surface area (TPSA) is 145 Å². The summed E-state index contributed by atoms with van der Waals surface area (Å²) in [6.07, 6.45) is 12.3. The van der Waals surface area contributed by atoms with Gasteiger partial charge in [-0.05, 0) is 111 Å². The van der Waals surface area contributed by atoms with Crippen molar-refractivity contribution in [3.05, 3.63) is 106 Å². The maximum absolute atomic E-state index is 11.7. The van der Waals surface area contributed by atoms with Crippen molar-refractivity contribution in [3.8, 4) is 0 Å². The number of thiazole rings is 2. The van der Waals surface area contributed by atoms with Crippen LogP contribution in [0.4, 0.5) is 22.7 Å². The summed E-state index contributed by atoms with van der Waals surface area (Å²) in [5.41, 5.74) is 12.8. The van der Waals surface area contributed by atoms with Crippen molar-refractivity contribution in [3.63, 3.8) is 0 Å². The van der Waals surface area contributed by atoms with Crippen LogP contribution in [0, 0.1) is 0 Å². The fourth-order valence-electron chi connectivity index (χ4n) is 7.02. The van der Waals surface area contributed by atoms with E-state index in [-0.39, 0.29) is 5.91 Å². The van der Waals surface area contributed by atoms with E-state index >= 15 is 0 Å². The van der Waals surface area contributed by atoms with Gasteiger partial charge >= 0.3 is 0 Å². The molecule has 0 saturated heterocycles. The molecule has 0 unspecified atom stereocenters. The van der Waals surface area contributed by atoms with Gasteiger partial charge in [-0.2, -0.15) is 0 Å². The van der Waals surface area contributed by atoms with E-state index in [0.29, 0.717) is 0 Å². The first kappa shape index (κ1) is 40.2. The van der Waals surface area contributed by atoms with Crippen molar-refractivity contribution in [2.45, 2.75) is 39.5 Å². The van der Waals surface area contributed by atoms with E-state index in [1.807, 2.05) is 40.4 Å². The van der Waals surface area contributed by atoms with Crippen LogP contribution in [-0.4, -0.2) is 68.0 Å². The molecule has 2 aliphatic heterocycles. The number of thiophene rings is 2. The number of hydrogen-bond donors (Lipinski definition) is 4. The largest absolute Gasteiger partial charge is 0.481 e. The van der Waals surface area contributed by atoms with E-state index < -0.39 is 5.97 Å². The molecule has 1 amide bonds. The predicted octanol–water partition coefficient (Wildman–Crippen LogP) is 11.2. The number of carboxylic acids is 1. The Bertz CT molecular complexity index is 2830. The number of anilines is 4. The van der Waals surface area contributed by atoms with Crippen LogP contribution in [0.1, 0.15) is 49.3 Å². The normalized spacial score (nSPS) is 14.4. The second kappa shape index (κ2) is 18.6. The Kier molecular flexibility index (Phi) is 12.6. The lowest BCUT2D eigenvalue weighted by Gasteiger charge is -2.17. The van der Waals surface area contributed by atoms with Crippen LogP contribution in [-0.2, 0) is 9.59 Å². The minimum absolute atomic E-state index is 0.154. The van der Waals surface area contributed by atoms with Crippen LogP contribution in [0.3, 0.4) is 0 Å². The van der Waals surface area contributed by atoms with Gasteiger partial charge in [0.1, 0.15) is 9.66 Å². The number of benzene rings is 2. The fraction of sp³-hybridized carbons (Fsp3) is 0.227. The predicted molar refractivity (Wildman–Crippen MR) is 248 cm³/mol. The van der Waals surface area contributed by atoms with E-state index in [1.165, 1.54) is 35.7 Å². The molecule has 0 atom stereocenters. The molecule has 8 aromatic rings. The molecule has 0 aliphatic carbocycles. The smallest absolute Gasteiger partial charge is 0.300 e. The van der Waals surface area contributed by atoms with Gasteiger partial charge in [0.15, 0.2) is 0 Å². The van der Waals surface area contributed by atoms with Crippen molar-refractivity contribution in [1.82, 2.24) is 30.2 Å². The first-order chi connectivity index (χ1) is 28.8. The highest BCUT2D eigenvalue weighted by Gasteiger charge is 2.17. The number of hydrogen-bond acceptors (Lipinski definition) is 13. The summed E-state index contributed by atoms with van der Waals surface area (Å²) in [5, 5.41) is 20.3. The van der Waals surface area contributed by atoms with Gasteiger partial charge in [-0.3, -0.25) is 9.59 Å². The molecule has 2 aliphatic rings. The van der Waals surface area contributed by atoms with E-state index in [4.69, 9.17) is 9.90 Å². The van der Waals surface area contributed by atoms with E-state index in [1.54, 1.807) is 52.3 Å². The molecule has 6 aromatic heterocycles. The van der Waals surface area contributed by atoms with Gasteiger partial charge in [-0.15, -0.1) is 45.3 Å². The summed E-state index contributed by atoms with van der Waals surface area (Å²) in [5.74, 6) is -0.679. The number of carboxylic acid groups (broad SMARTS) is 1. The van der Waals surface area contributed by atoms with Crippen molar-refractivity contribution >= 4 is 132 Å². The molecule has 10 rings (SSSR count). The van der Waals surface area contributed by atoms with E-state index in [0.717, 1.165) is 108 Å². The summed E-state index contributed by atoms with van der Waals surface area (Å²) in [6.45, 7) is 6.43. The van der Waals surface area contributed by atoms with Gasteiger partial charge in [0, 0.05) is 71.2 Å². The Labute approximate surface area is 357 Å². The zero-order chi connectivity index (χ0) is 40.7. The molecule has 0 radical (unpaired) electrons. The minimum Gasteiger partial charge on any atom is -0.481 e. The molecule has 8 heterocycles. The molecule has 59 heavy (non-hydrogen) atoms. The summed E-state index contributed by atoms with van der Waals surface area (Å²) in [7, 11) is 0. The second-order valence-corrected chi connectivity index (χ2v) is 17.8. The Morgan fingerprint density at radius 3 is 1.78 bits per heavy atom. The fourth-order valence-corrected chi connectivity index (χ4v) is 10.5. The van der Waals surface area contributed by atoms with Gasteiger partial charge in [0.25, 0.3) is 5.97 Å². The average molecular weight is 859 g/mol. The lowest BCUT2D eigenvalue weighted by molar-refractivity contribution is -0.134. The van der Waals surface area contributed by atoms with Crippen molar-refractivity contribution in [2.75, 3.05) is 36.8 Å². The number of rotatable bonds is 6. The number of pyridine rings is 2. The lowest BCUT2D eigenvalue weighted by atomic mass is 10.1. The maximum Gasteiger partial charge on any atom is 0.300 e. The third-order valence-electron chi connectivity index (χ3n) is 9.89. The van der Waals surface area contributed by atoms with Gasteiger partial charge in [-0.25, -0.2) is 19.9 Å². The summed E-state index contributed by atoms with van der Waals surface area (Å²) in [6, 6.07) is 21.2. The number of carbonyl (C=O) groups excluding carboxylic acids is 1. The lowest BCUT2D eigenvalue weighted by Crippen LogP contribution is -2.29. The zero-order valence-corrected chi connectivity index (χ0v) is 35.8. The zero-order valence-electron chi connectivity index (χ0n) is 32.5. The van der Waals surface area contributed by atoms with Crippen LogP contribution < -0.4 is 16.0 Å². The monoisotopic (exact) mass is 858 g/mol. The van der Waals surface area contributed by atoms with E-state index in [9.17, 15) is 4.79 Å². The maximum atomic E-state index is 11.7. The summed E-state index contributed by atoms with van der Waals surface area (Å²) >= 11 is 6.82. The number of fused-ring (bicyclic) bond motifs is 4. The summed E-state index contributed by atoms with van der Waals surface area (Å²) < 4.78 is 2.40. The molecular formula is C44H42N8O3S4. The third-order valence-corrected chi connectivity index (χ3v) is 13.7. The molecule has 15 heteroatoms. The highest BCUT2D eigenvalue weighted by atomic mass is 32.1. The average Bonchev–Trinajstić information content (AvgIpc) is 4.00. The van der Waals surface area contributed by atoms with Crippen molar-refractivity contribution in [2.24, 2.45) is 0 Å². The van der Waals surface area contributed by atoms with Gasteiger partial charge < -0.3 is 26.0 Å². The van der Waals surface area contributed by atoms with Gasteiger partial charge in [0.2, 0.25) is 5.91 Å². The quantitative estimate of drug-likeness (QED) is 0.127. The molecule has 4 N–H and O–H groups in total. The first-order valence-corrected chi connectivity index (χ1v) is 22.7. The molecule has 0 spiro atoms. The Balaban J connectivity index is 0.000000151. The number of amides is 1. The van der Waals surface area contributed by atoms with Gasteiger partial charge in [0.05, 0.1) is 42.8 Å². The van der Waals surface area contributed by atoms with Crippen LogP contribution in [0.25, 0.3) is 52.0 Å². The standard InChI is InChI=1S/C22H20N4OS2.C20H18N4S2.C2H4O2/c1-14(27)26-9-2-3-15(7-10-26)21-12-17-18(6-8-23-22(17)29-21)25-16-4-5-20-19(11-16)24-13-28-20;1-2-13(5-8-21-7-1)19-11-15-16(6-9-22-20(15)26-19)24-14-3-4-18-17(10-14)23-12-25-18;1-2(3)4/h3-6,8,11-13H,2,7,9-10H2,1H3,(H,23,25);2-4,6,9-12,21H,1,5,7-8H2,(H,22,24);1H3,(H,3,4). The molecular weight excluding hydrogens is 817 g/mol. The number of nitrogens with one attached hydrogen (secondary N) is 3. The number of aliphatic carboxylic acids is 1. The molecule has 0 bridgehead atoms. The summed E-state index contributed by atoms with van der Waals surface area (Å²) in [4.78, 5) is 45.3. The minimum atomic E-state index is -0.833. The third kappa shape index (κ3) is 9.83. The van der Waals surface area contributed by atoms with Crippen molar-refractivity contribution < 1.29 is 14.7 Å². The molecule has 2 aromatic carbocycles. The number of nitrogens with zero attached hydrogens (tertiary/aromatic N) is 5. The molecule has 0 fully saturated rings. The van der Waals surface area contributed by atoms with E-state index in [2.05, 4.69) is 96.6 Å². The second-order valence-electron chi connectivity index (χ2n) is 14.0. The number of carbonyl (C=O) groups is 2. The van der Waals surface area contributed by atoms with Crippen LogP contribution >= 0.6 is 45.3 Å². The first-order valence-electron chi connectivity index (χ1n) is 19.3. The SMILES string of the molecule is C1=C(c2cc3c(Nc4ccc5scnc5c4)ccnc3s2)CCNCC1.CC(=O)N1CCC=C(c2cc3c(Nc4ccc5scnc5c4)ccnc3s2)CC1.CC(=O)O. The Hall–Kier alpha value is -5.58. The van der Waals surface area contributed by atoms with Crippen LogP contribution in [0.5, 0.6) is 0 Å². The Morgan fingerprint density at radius 2 is 1.22 bits per heavy atom. The highest BCUT2D eigenvalue weighted by Crippen LogP contribution is 2.38. The van der Waals surface area contributed by atoms with Crippen molar-refractivity contribution in [1.29, 1.82) is 0 Å². The molecule has 300 valence electrons. The number of aromatic nitrogens is 4. The van der Waals surface area contributed by atoms with Crippen LogP contribution in [0.2, 0.25) is 0 Å². The Morgan fingerprint density at radius 1 is 0.678 bits per heavy atom. The van der Waals surface area contributed by atoms with Crippen LogP contribution in [0.15, 0.2) is 96.2 Å². The highest BCUT2D eigenvalue weighted by molar-refractivity contribution is 7.20.